The maximum absolute atomic E-state index is 6.23. The largest absolute Gasteiger partial charge is 0.456 e. The quantitative estimate of drug-likeness (QED) is 0.197. The van der Waals surface area contributed by atoms with Crippen LogP contribution in [-0.4, -0.2) is 15.0 Å². The van der Waals surface area contributed by atoms with Gasteiger partial charge in [-0.1, -0.05) is 127 Å². The van der Waals surface area contributed by atoms with Gasteiger partial charge in [0.15, 0.2) is 17.5 Å². The van der Waals surface area contributed by atoms with Crippen LogP contribution in [0, 0.1) is 0 Å². The Kier molecular flexibility index (Phi) is 6.43. The van der Waals surface area contributed by atoms with Crippen LogP contribution in [0.2, 0.25) is 0 Å². The molecular weight excluding hydrogens is 574 g/mol. The fourth-order valence-corrected chi connectivity index (χ4v) is 6.30. The molecule has 0 fully saturated rings. The molecule has 0 saturated heterocycles. The van der Waals surface area contributed by atoms with Crippen molar-refractivity contribution in [1.82, 2.24) is 15.0 Å². The lowest BCUT2D eigenvalue weighted by molar-refractivity contribution is 0.669. The van der Waals surface area contributed by atoms with Gasteiger partial charge in [-0.2, -0.15) is 0 Å². The predicted octanol–water partition coefficient (Wildman–Crippen LogP) is 11.3. The number of fused-ring (bicyclic) bond motifs is 4. The lowest BCUT2D eigenvalue weighted by Gasteiger charge is -2.11. The summed E-state index contributed by atoms with van der Waals surface area (Å²) in [5.41, 5.74) is 8.87. The van der Waals surface area contributed by atoms with E-state index in [1.54, 1.807) is 0 Å². The molecule has 2 aromatic heterocycles. The highest BCUT2D eigenvalue weighted by atomic mass is 16.3. The van der Waals surface area contributed by atoms with Crippen LogP contribution in [0.5, 0.6) is 0 Å². The first-order chi connectivity index (χ1) is 23.2. The number of hydrogen-bond acceptors (Lipinski definition) is 4. The Morgan fingerprint density at radius 2 is 0.809 bits per heavy atom. The molecule has 0 aliphatic heterocycles. The van der Waals surface area contributed by atoms with Crippen molar-refractivity contribution in [1.29, 1.82) is 0 Å². The molecule has 7 aromatic carbocycles. The van der Waals surface area contributed by atoms with Crippen LogP contribution < -0.4 is 0 Å². The van der Waals surface area contributed by atoms with Crippen LogP contribution in [0.15, 0.2) is 168 Å². The standard InChI is InChI=1S/C43H27N3O/c1-2-10-28(11-3-1)31-14-8-16-34(25-31)41-44-42(35-17-9-15-32(26-35)33-21-20-29-12-4-5-13-30(29)24-33)46-43(45-41)36-22-23-38-37-18-6-7-19-39(37)47-40(38)27-36/h1-27H. The average molecular weight is 602 g/mol. The molecule has 0 amide bonds. The number of nitrogens with zero attached hydrogens (tertiary/aromatic N) is 3. The van der Waals surface area contributed by atoms with Gasteiger partial charge in [0.05, 0.1) is 0 Å². The predicted molar refractivity (Wildman–Crippen MR) is 192 cm³/mol. The van der Waals surface area contributed by atoms with Gasteiger partial charge in [-0.25, -0.2) is 15.0 Å². The van der Waals surface area contributed by atoms with Crippen molar-refractivity contribution in [3.8, 4) is 56.4 Å². The minimum atomic E-state index is 0.591. The third kappa shape index (κ3) is 5.02. The van der Waals surface area contributed by atoms with Gasteiger partial charge in [0.2, 0.25) is 0 Å². The minimum Gasteiger partial charge on any atom is -0.456 e. The SMILES string of the molecule is c1ccc(-c2cccc(-c3nc(-c4cccc(-c5ccc6ccccc6c5)c4)nc(-c4ccc5c(c4)oc4ccccc45)n3)c2)cc1. The second-order valence-electron chi connectivity index (χ2n) is 11.7. The van der Waals surface area contributed by atoms with Crippen LogP contribution in [0.1, 0.15) is 0 Å². The molecule has 4 nitrogen and oxygen atoms in total. The van der Waals surface area contributed by atoms with E-state index in [0.717, 1.165) is 60.9 Å². The Morgan fingerprint density at radius 1 is 0.298 bits per heavy atom. The topological polar surface area (TPSA) is 51.8 Å². The smallest absolute Gasteiger partial charge is 0.164 e. The summed E-state index contributed by atoms with van der Waals surface area (Å²) in [6.45, 7) is 0. The monoisotopic (exact) mass is 601 g/mol. The molecular formula is C43H27N3O. The fraction of sp³-hybridized carbons (Fsp3) is 0. The maximum Gasteiger partial charge on any atom is 0.164 e. The Labute approximate surface area is 271 Å². The summed E-state index contributed by atoms with van der Waals surface area (Å²) in [5.74, 6) is 1.82. The Hall–Kier alpha value is -6.39. The van der Waals surface area contributed by atoms with Crippen molar-refractivity contribution in [2.24, 2.45) is 0 Å². The van der Waals surface area contributed by atoms with E-state index in [0.29, 0.717) is 17.5 Å². The van der Waals surface area contributed by atoms with Crippen molar-refractivity contribution in [3.05, 3.63) is 164 Å². The molecule has 2 heterocycles. The van der Waals surface area contributed by atoms with E-state index in [1.807, 2.05) is 30.3 Å². The highest BCUT2D eigenvalue weighted by molar-refractivity contribution is 6.05. The summed E-state index contributed by atoms with van der Waals surface area (Å²) in [7, 11) is 0. The van der Waals surface area contributed by atoms with Gasteiger partial charge in [0, 0.05) is 27.5 Å². The molecule has 0 N–H and O–H groups in total. The lowest BCUT2D eigenvalue weighted by Crippen LogP contribution is -2.00. The van der Waals surface area contributed by atoms with Crippen LogP contribution in [0.25, 0.3) is 89.1 Å². The first kappa shape index (κ1) is 27.0. The van der Waals surface area contributed by atoms with E-state index < -0.39 is 0 Å². The molecule has 4 heteroatoms. The molecule has 0 aliphatic carbocycles. The van der Waals surface area contributed by atoms with Crippen molar-refractivity contribution < 1.29 is 4.42 Å². The molecule has 0 radical (unpaired) electrons. The first-order valence-electron chi connectivity index (χ1n) is 15.7. The van der Waals surface area contributed by atoms with Gasteiger partial charge in [-0.3, -0.25) is 0 Å². The first-order valence-corrected chi connectivity index (χ1v) is 15.7. The molecule has 0 spiro atoms. The summed E-state index contributed by atoms with van der Waals surface area (Å²) in [5, 5.41) is 4.59. The number of rotatable bonds is 5. The van der Waals surface area contributed by atoms with Gasteiger partial charge in [-0.15, -0.1) is 0 Å². The third-order valence-corrected chi connectivity index (χ3v) is 8.70. The van der Waals surface area contributed by atoms with E-state index in [9.17, 15) is 0 Å². The normalized spacial score (nSPS) is 11.4. The van der Waals surface area contributed by atoms with Gasteiger partial charge in [0.1, 0.15) is 11.2 Å². The van der Waals surface area contributed by atoms with Crippen LogP contribution in [0.3, 0.4) is 0 Å². The zero-order valence-corrected chi connectivity index (χ0v) is 25.3. The molecule has 47 heavy (non-hydrogen) atoms. The summed E-state index contributed by atoms with van der Waals surface area (Å²) in [6, 6.07) is 56.5. The second-order valence-corrected chi connectivity index (χ2v) is 11.7. The zero-order chi connectivity index (χ0) is 31.2. The number of hydrogen-bond donors (Lipinski definition) is 0. The van der Waals surface area contributed by atoms with Crippen LogP contribution in [-0.2, 0) is 0 Å². The van der Waals surface area contributed by atoms with E-state index >= 15 is 0 Å². The molecule has 0 unspecified atom stereocenters. The summed E-state index contributed by atoms with van der Waals surface area (Å²) < 4.78 is 6.23. The van der Waals surface area contributed by atoms with Gasteiger partial charge < -0.3 is 4.42 Å². The third-order valence-electron chi connectivity index (χ3n) is 8.70. The second kappa shape index (κ2) is 11.2. The van der Waals surface area contributed by atoms with Crippen molar-refractivity contribution in [2.45, 2.75) is 0 Å². The number of aromatic nitrogens is 3. The molecule has 0 atom stereocenters. The Balaban J connectivity index is 1.20. The van der Waals surface area contributed by atoms with E-state index in [2.05, 4.69) is 133 Å². The molecule has 0 bridgehead atoms. The van der Waals surface area contributed by atoms with E-state index in [1.165, 1.54) is 10.8 Å². The molecule has 9 aromatic rings. The molecule has 0 aliphatic rings. The van der Waals surface area contributed by atoms with Crippen molar-refractivity contribution >= 4 is 32.7 Å². The number of furan rings is 1. The van der Waals surface area contributed by atoms with Crippen molar-refractivity contribution in [3.63, 3.8) is 0 Å². The summed E-state index contributed by atoms with van der Waals surface area (Å²) in [6.07, 6.45) is 0. The van der Waals surface area contributed by atoms with Crippen molar-refractivity contribution in [2.75, 3.05) is 0 Å². The van der Waals surface area contributed by atoms with Crippen LogP contribution >= 0.6 is 0 Å². The van der Waals surface area contributed by atoms with Crippen LogP contribution in [0.4, 0.5) is 0 Å². The highest BCUT2D eigenvalue weighted by Gasteiger charge is 2.16. The zero-order valence-electron chi connectivity index (χ0n) is 25.3. The average Bonchev–Trinajstić information content (AvgIpc) is 3.53. The summed E-state index contributed by atoms with van der Waals surface area (Å²) in [4.78, 5) is 15.2. The van der Waals surface area contributed by atoms with Gasteiger partial charge in [0.25, 0.3) is 0 Å². The number of para-hydroxylation sites is 1. The number of benzene rings is 7. The summed E-state index contributed by atoms with van der Waals surface area (Å²) >= 11 is 0. The fourth-order valence-electron chi connectivity index (χ4n) is 6.30. The van der Waals surface area contributed by atoms with Gasteiger partial charge >= 0.3 is 0 Å². The Bertz CT molecular complexity index is 2590. The highest BCUT2D eigenvalue weighted by Crippen LogP contribution is 2.34. The Morgan fingerprint density at radius 3 is 1.55 bits per heavy atom. The van der Waals surface area contributed by atoms with Gasteiger partial charge in [-0.05, 0) is 69.4 Å². The van der Waals surface area contributed by atoms with E-state index in [4.69, 9.17) is 19.4 Å². The molecule has 9 rings (SSSR count). The maximum atomic E-state index is 6.23. The van der Waals surface area contributed by atoms with E-state index in [-0.39, 0.29) is 0 Å². The lowest BCUT2D eigenvalue weighted by atomic mass is 9.99. The molecule has 0 saturated carbocycles. The minimum absolute atomic E-state index is 0.591. The molecule has 220 valence electrons.